The molecular formula is C24H27N7O4. The summed E-state index contributed by atoms with van der Waals surface area (Å²) in [6, 6.07) is 5.61. The van der Waals surface area contributed by atoms with Crippen LogP contribution in [0.15, 0.2) is 36.8 Å². The van der Waals surface area contributed by atoms with Gasteiger partial charge in [0.15, 0.2) is 5.65 Å². The van der Waals surface area contributed by atoms with Crippen LogP contribution in [0.2, 0.25) is 0 Å². The van der Waals surface area contributed by atoms with Crippen molar-refractivity contribution in [3.63, 3.8) is 0 Å². The molecule has 0 saturated carbocycles. The summed E-state index contributed by atoms with van der Waals surface area (Å²) in [6.07, 6.45) is 6.67. The molecule has 1 amide bonds. The highest BCUT2D eigenvalue weighted by molar-refractivity contribution is 6.01. The van der Waals surface area contributed by atoms with Gasteiger partial charge in [-0.3, -0.25) is 4.79 Å². The Kier molecular flexibility index (Phi) is 5.59. The first-order valence-corrected chi connectivity index (χ1v) is 11.8. The Labute approximate surface area is 201 Å². The molecule has 11 heteroatoms. The van der Waals surface area contributed by atoms with Crippen molar-refractivity contribution >= 4 is 28.4 Å². The van der Waals surface area contributed by atoms with Gasteiger partial charge in [-0.15, -0.1) is 0 Å². The molecule has 0 unspecified atom stereocenters. The second kappa shape index (κ2) is 8.91. The molecule has 11 nitrogen and oxygen atoms in total. The zero-order valence-corrected chi connectivity index (χ0v) is 19.3. The third kappa shape index (κ3) is 3.81. The average Bonchev–Trinajstić information content (AvgIpc) is 3.61. The summed E-state index contributed by atoms with van der Waals surface area (Å²) in [5.41, 5.74) is 3.25. The Bertz CT molecular complexity index is 1390. The van der Waals surface area contributed by atoms with Crippen molar-refractivity contribution in [2.45, 2.75) is 31.0 Å². The Morgan fingerprint density at radius 1 is 1.23 bits per heavy atom. The van der Waals surface area contributed by atoms with Crippen LogP contribution in [0.3, 0.4) is 0 Å². The number of carbonyl (C=O) groups excluding carboxylic acids is 1. The van der Waals surface area contributed by atoms with Crippen molar-refractivity contribution in [3.8, 4) is 11.3 Å². The monoisotopic (exact) mass is 477 g/mol. The molecule has 0 aromatic carbocycles. The smallest absolute Gasteiger partial charge is 0.257 e. The van der Waals surface area contributed by atoms with Crippen molar-refractivity contribution < 1.29 is 19.4 Å². The van der Waals surface area contributed by atoms with E-state index in [-0.39, 0.29) is 25.2 Å². The van der Waals surface area contributed by atoms with Crippen LogP contribution in [0.4, 0.5) is 5.82 Å². The van der Waals surface area contributed by atoms with Crippen LogP contribution >= 0.6 is 0 Å². The molecule has 2 fully saturated rings. The minimum atomic E-state index is -0.737. The fourth-order valence-electron chi connectivity index (χ4n) is 4.87. The lowest BCUT2D eigenvalue weighted by atomic mass is 10.1. The van der Waals surface area contributed by atoms with Crippen LogP contribution < -0.4 is 10.6 Å². The van der Waals surface area contributed by atoms with Gasteiger partial charge >= 0.3 is 0 Å². The summed E-state index contributed by atoms with van der Waals surface area (Å²) < 4.78 is 14.8. The van der Waals surface area contributed by atoms with Gasteiger partial charge in [0.1, 0.15) is 17.0 Å². The molecule has 0 aliphatic carbocycles. The summed E-state index contributed by atoms with van der Waals surface area (Å²) >= 11 is 0. The van der Waals surface area contributed by atoms with Gasteiger partial charge in [-0.25, -0.2) is 9.97 Å². The molecule has 3 atom stereocenters. The lowest BCUT2D eigenvalue weighted by molar-refractivity contribution is 0.0605. The second-order valence-corrected chi connectivity index (χ2v) is 8.95. The van der Waals surface area contributed by atoms with Crippen LogP contribution in [0.25, 0.3) is 27.9 Å². The zero-order chi connectivity index (χ0) is 23.9. The van der Waals surface area contributed by atoms with Crippen LogP contribution in [-0.4, -0.2) is 80.8 Å². The summed E-state index contributed by atoms with van der Waals surface area (Å²) in [5.74, 6) is 0.337. The number of nitrogens with one attached hydrogen (secondary N) is 2. The lowest BCUT2D eigenvalue weighted by Crippen LogP contribution is -2.42. The molecule has 6 rings (SSSR count). The fraction of sp³-hybridized carbons (Fsp3) is 0.417. The number of rotatable bonds is 5. The quantitative estimate of drug-likeness (QED) is 0.396. The number of anilines is 1. The van der Waals surface area contributed by atoms with Gasteiger partial charge in [-0.1, -0.05) is 0 Å². The highest BCUT2D eigenvalue weighted by atomic mass is 16.5. The lowest BCUT2D eigenvalue weighted by Gasteiger charge is -2.24. The van der Waals surface area contributed by atoms with E-state index in [1.54, 1.807) is 17.8 Å². The highest BCUT2D eigenvalue weighted by Crippen LogP contribution is 2.34. The Morgan fingerprint density at radius 3 is 2.91 bits per heavy atom. The van der Waals surface area contributed by atoms with Crippen molar-refractivity contribution in [1.29, 1.82) is 0 Å². The molecule has 182 valence electrons. The van der Waals surface area contributed by atoms with Crippen LogP contribution in [0.1, 0.15) is 29.2 Å². The SMILES string of the molecule is CNc1cc(-c2cn([C@@H]3CCCOC3)c3ncccc23)nc2c(C(=O)N[C@H]3COC[C@H]3O)cnn12. The van der Waals surface area contributed by atoms with Crippen molar-refractivity contribution in [1.82, 2.24) is 29.5 Å². The minimum Gasteiger partial charge on any atom is -0.388 e. The average molecular weight is 478 g/mol. The van der Waals surface area contributed by atoms with Gasteiger partial charge < -0.3 is 29.8 Å². The van der Waals surface area contributed by atoms with Crippen molar-refractivity contribution in [2.24, 2.45) is 0 Å². The molecule has 2 saturated heterocycles. The first-order chi connectivity index (χ1) is 17.1. The molecule has 2 aliphatic rings. The molecule has 6 heterocycles. The fourth-order valence-corrected chi connectivity index (χ4v) is 4.87. The van der Waals surface area contributed by atoms with Gasteiger partial charge in [0, 0.05) is 43.1 Å². The zero-order valence-electron chi connectivity index (χ0n) is 19.3. The van der Waals surface area contributed by atoms with Crippen molar-refractivity contribution in [3.05, 3.63) is 42.4 Å². The maximum absolute atomic E-state index is 13.1. The molecule has 4 aromatic heterocycles. The number of ether oxygens (including phenoxy) is 2. The molecule has 0 spiro atoms. The Morgan fingerprint density at radius 2 is 2.14 bits per heavy atom. The van der Waals surface area contributed by atoms with E-state index >= 15 is 0 Å². The van der Waals surface area contributed by atoms with Crippen molar-refractivity contribution in [2.75, 3.05) is 38.8 Å². The van der Waals surface area contributed by atoms with Gasteiger partial charge in [0.25, 0.3) is 5.91 Å². The molecule has 3 N–H and O–H groups in total. The minimum absolute atomic E-state index is 0.205. The number of nitrogens with zero attached hydrogens (tertiary/aromatic N) is 5. The highest BCUT2D eigenvalue weighted by Gasteiger charge is 2.29. The second-order valence-electron chi connectivity index (χ2n) is 8.95. The van der Waals surface area contributed by atoms with Crippen LogP contribution in [-0.2, 0) is 9.47 Å². The van der Waals surface area contributed by atoms with E-state index in [1.165, 1.54) is 6.20 Å². The van der Waals surface area contributed by atoms with E-state index in [4.69, 9.17) is 14.5 Å². The Hall–Kier alpha value is -3.54. The number of aromatic nitrogens is 5. The van der Waals surface area contributed by atoms with E-state index in [9.17, 15) is 9.90 Å². The normalized spacial score (nSPS) is 22.6. The molecule has 4 aromatic rings. The molecule has 0 bridgehead atoms. The van der Waals surface area contributed by atoms with Gasteiger partial charge in [-0.05, 0) is 25.0 Å². The predicted octanol–water partition coefficient (Wildman–Crippen LogP) is 1.63. The summed E-state index contributed by atoms with van der Waals surface area (Å²) in [7, 11) is 1.80. The van der Waals surface area contributed by atoms with Gasteiger partial charge in [0.2, 0.25) is 0 Å². The van der Waals surface area contributed by atoms with E-state index in [1.807, 2.05) is 18.2 Å². The van der Waals surface area contributed by atoms with Gasteiger partial charge in [0.05, 0.1) is 49.9 Å². The Balaban J connectivity index is 1.45. The first-order valence-electron chi connectivity index (χ1n) is 11.8. The summed E-state index contributed by atoms with van der Waals surface area (Å²) in [5, 5.41) is 21.4. The standard InChI is InChI=1S/C24H27N7O4/c1-25-21-8-18(17-10-30(14-4-3-7-34-11-14)22-15(17)5-2-6-26-22)28-23-16(9-27-31(21)23)24(33)29-19-12-35-13-20(19)32/h2,5-6,8-10,14,19-20,25,32H,3-4,7,11-13H2,1H3,(H,29,33)/t14-,19+,20-/m1/s1. The van der Waals surface area contributed by atoms with Gasteiger partial charge in [-0.2, -0.15) is 9.61 Å². The van der Waals surface area contributed by atoms with E-state index < -0.39 is 12.1 Å². The third-order valence-corrected chi connectivity index (χ3v) is 6.73. The van der Waals surface area contributed by atoms with Crippen LogP contribution in [0, 0.1) is 0 Å². The van der Waals surface area contributed by atoms with E-state index in [0.717, 1.165) is 36.0 Å². The largest absolute Gasteiger partial charge is 0.388 e. The molecular weight excluding hydrogens is 450 g/mol. The summed E-state index contributed by atoms with van der Waals surface area (Å²) in [6.45, 7) is 1.91. The topological polar surface area (TPSA) is 128 Å². The molecule has 35 heavy (non-hydrogen) atoms. The number of carbonyl (C=O) groups is 1. The number of aliphatic hydroxyl groups is 1. The van der Waals surface area contributed by atoms with E-state index in [2.05, 4.69) is 31.5 Å². The first kappa shape index (κ1) is 22.0. The van der Waals surface area contributed by atoms with E-state index in [0.29, 0.717) is 29.3 Å². The predicted molar refractivity (Wildman–Crippen MR) is 128 cm³/mol. The number of fused-ring (bicyclic) bond motifs is 2. The molecule has 2 aliphatic heterocycles. The maximum atomic E-state index is 13.1. The number of hydrogen-bond acceptors (Lipinski definition) is 8. The third-order valence-electron chi connectivity index (χ3n) is 6.73. The number of amides is 1. The summed E-state index contributed by atoms with van der Waals surface area (Å²) in [4.78, 5) is 22.6. The maximum Gasteiger partial charge on any atom is 0.257 e. The number of pyridine rings is 1. The number of hydrogen-bond donors (Lipinski definition) is 3. The molecule has 0 radical (unpaired) electrons. The number of aliphatic hydroxyl groups excluding tert-OH is 1. The van der Waals surface area contributed by atoms with Crippen LogP contribution in [0.5, 0.6) is 0 Å².